The molecule has 0 aromatic carbocycles. The van der Waals surface area contributed by atoms with E-state index >= 15 is 0 Å². The fraction of sp³-hybridized carbons (Fsp3) is 0.800. The first-order valence-electron chi connectivity index (χ1n) is 5.66. The topological polar surface area (TPSA) is 58.4 Å². The SMILES string of the molecule is NC(=S)C1CCCCN1CC(=O)NCC(F)(F)F. The van der Waals surface area contributed by atoms with Gasteiger partial charge in [0.1, 0.15) is 6.54 Å². The molecule has 1 aliphatic heterocycles. The van der Waals surface area contributed by atoms with E-state index in [9.17, 15) is 18.0 Å². The summed E-state index contributed by atoms with van der Waals surface area (Å²) in [5, 5.41) is 1.84. The van der Waals surface area contributed by atoms with Crippen molar-refractivity contribution in [2.75, 3.05) is 19.6 Å². The van der Waals surface area contributed by atoms with Crippen molar-refractivity contribution < 1.29 is 18.0 Å². The summed E-state index contributed by atoms with van der Waals surface area (Å²) in [7, 11) is 0. The zero-order chi connectivity index (χ0) is 13.8. The summed E-state index contributed by atoms with van der Waals surface area (Å²) in [6, 6.07) is -0.189. The van der Waals surface area contributed by atoms with Gasteiger partial charge in [-0.05, 0) is 19.4 Å². The number of alkyl halides is 3. The Labute approximate surface area is 109 Å². The summed E-state index contributed by atoms with van der Waals surface area (Å²) in [4.78, 5) is 13.4. The van der Waals surface area contributed by atoms with Gasteiger partial charge in [-0.2, -0.15) is 13.2 Å². The number of hydrogen-bond donors (Lipinski definition) is 2. The fourth-order valence-electron chi connectivity index (χ4n) is 1.94. The van der Waals surface area contributed by atoms with Gasteiger partial charge in [-0.25, -0.2) is 0 Å². The van der Waals surface area contributed by atoms with Gasteiger partial charge in [-0.1, -0.05) is 18.6 Å². The van der Waals surface area contributed by atoms with Crippen molar-refractivity contribution in [1.82, 2.24) is 10.2 Å². The summed E-state index contributed by atoms with van der Waals surface area (Å²) in [5.41, 5.74) is 5.55. The minimum absolute atomic E-state index is 0.0991. The van der Waals surface area contributed by atoms with E-state index in [0.29, 0.717) is 11.5 Å². The molecule has 0 aromatic heterocycles. The maximum atomic E-state index is 11.9. The first-order chi connectivity index (χ1) is 8.29. The number of halogens is 3. The van der Waals surface area contributed by atoms with Gasteiger partial charge in [0.15, 0.2) is 0 Å². The molecule has 1 rings (SSSR count). The molecule has 0 aliphatic carbocycles. The summed E-state index contributed by atoms with van der Waals surface area (Å²) in [6.07, 6.45) is -1.78. The molecule has 1 fully saturated rings. The monoisotopic (exact) mass is 283 g/mol. The van der Waals surface area contributed by atoms with Crippen LogP contribution in [0.15, 0.2) is 0 Å². The van der Waals surface area contributed by atoms with E-state index in [1.54, 1.807) is 4.90 Å². The average molecular weight is 283 g/mol. The highest BCUT2D eigenvalue weighted by Gasteiger charge is 2.30. The van der Waals surface area contributed by atoms with Crippen LogP contribution in [0.1, 0.15) is 19.3 Å². The summed E-state index contributed by atoms with van der Waals surface area (Å²) in [5.74, 6) is -0.657. The molecule has 0 saturated carbocycles. The summed E-state index contributed by atoms with van der Waals surface area (Å²) < 4.78 is 35.8. The largest absolute Gasteiger partial charge is 0.405 e. The normalized spacial score (nSPS) is 21.6. The van der Waals surface area contributed by atoms with Crippen LogP contribution in [0.3, 0.4) is 0 Å². The van der Waals surface area contributed by atoms with Crippen LogP contribution in [0.5, 0.6) is 0 Å². The number of hydrogen-bond acceptors (Lipinski definition) is 3. The van der Waals surface area contributed by atoms with Crippen molar-refractivity contribution in [3.63, 3.8) is 0 Å². The van der Waals surface area contributed by atoms with Crippen LogP contribution in [0.25, 0.3) is 0 Å². The second-order valence-corrected chi connectivity index (χ2v) is 4.75. The minimum Gasteiger partial charge on any atom is -0.392 e. The molecule has 1 unspecified atom stereocenters. The second-order valence-electron chi connectivity index (χ2n) is 4.28. The first kappa shape index (κ1) is 15.2. The smallest absolute Gasteiger partial charge is 0.392 e. The molecule has 3 N–H and O–H groups in total. The van der Waals surface area contributed by atoms with Crippen LogP contribution in [0.4, 0.5) is 13.2 Å². The molecule has 18 heavy (non-hydrogen) atoms. The Kier molecular flexibility index (Phi) is 5.33. The lowest BCUT2D eigenvalue weighted by Crippen LogP contribution is -2.51. The molecule has 0 aromatic rings. The molecule has 104 valence electrons. The average Bonchev–Trinajstić information content (AvgIpc) is 2.26. The number of nitrogens with one attached hydrogen (secondary N) is 1. The van der Waals surface area contributed by atoms with E-state index in [2.05, 4.69) is 0 Å². The molecule has 1 heterocycles. The van der Waals surface area contributed by atoms with Crippen molar-refractivity contribution in [3.05, 3.63) is 0 Å². The van der Waals surface area contributed by atoms with Crippen LogP contribution < -0.4 is 11.1 Å². The number of piperidine rings is 1. The third kappa shape index (κ3) is 5.18. The van der Waals surface area contributed by atoms with Gasteiger partial charge >= 0.3 is 6.18 Å². The Morgan fingerprint density at radius 1 is 1.44 bits per heavy atom. The van der Waals surface area contributed by atoms with Gasteiger partial charge in [0.25, 0.3) is 0 Å². The highest BCUT2D eigenvalue weighted by atomic mass is 32.1. The number of rotatable bonds is 4. The van der Waals surface area contributed by atoms with Crippen LogP contribution in [-0.2, 0) is 4.79 Å². The standard InChI is InChI=1S/C10H16F3N3OS/c11-10(12,13)6-15-8(17)5-16-4-2-1-3-7(16)9(14)18/h7H,1-6H2,(H2,14,18)(H,15,17). The van der Waals surface area contributed by atoms with Gasteiger partial charge in [-0.15, -0.1) is 0 Å². The molecule has 1 amide bonds. The van der Waals surface area contributed by atoms with Crippen molar-refractivity contribution >= 4 is 23.1 Å². The van der Waals surface area contributed by atoms with Gasteiger partial charge in [0.2, 0.25) is 5.91 Å². The van der Waals surface area contributed by atoms with Crippen molar-refractivity contribution in [2.24, 2.45) is 5.73 Å². The molecular weight excluding hydrogens is 267 g/mol. The number of carbonyl (C=O) groups is 1. The Bertz CT molecular complexity index is 322. The fourth-order valence-corrected chi connectivity index (χ4v) is 2.21. The third-order valence-corrected chi connectivity index (χ3v) is 3.05. The van der Waals surface area contributed by atoms with Gasteiger partial charge < -0.3 is 11.1 Å². The van der Waals surface area contributed by atoms with Gasteiger partial charge in [-0.3, -0.25) is 9.69 Å². The Hall–Kier alpha value is -0.890. The molecule has 0 spiro atoms. The Morgan fingerprint density at radius 2 is 2.11 bits per heavy atom. The van der Waals surface area contributed by atoms with Gasteiger partial charge in [0.05, 0.1) is 17.6 Å². The first-order valence-corrected chi connectivity index (χ1v) is 6.07. The maximum Gasteiger partial charge on any atom is 0.405 e. The highest BCUT2D eigenvalue weighted by Crippen LogP contribution is 2.17. The van der Waals surface area contributed by atoms with Crippen LogP contribution >= 0.6 is 12.2 Å². The maximum absolute atomic E-state index is 11.9. The Balaban J connectivity index is 2.44. The number of carbonyl (C=O) groups excluding carboxylic acids is 1. The number of thiocarbonyl (C=S) groups is 1. The van der Waals surface area contributed by atoms with E-state index in [1.807, 2.05) is 5.32 Å². The minimum atomic E-state index is -4.39. The van der Waals surface area contributed by atoms with Crippen molar-refractivity contribution in [3.8, 4) is 0 Å². The predicted molar refractivity (Wildman–Crippen MR) is 65.1 cm³/mol. The molecule has 1 saturated heterocycles. The number of nitrogens with two attached hydrogens (primary N) is 1. The Morgan fingerprint density at radius 3 is 2.67 bits per heavy atom. The quantitative estimate of drug-likeness (QED) is 0.750. The van der Waals surface area contributed by atoms with Crippen LogP contribution in [0, 0.1) is 0 Å². The molecular formula is C10H16F3N3OS. The van der Waals surface area contributed by atoms with Gasteiger partial charge in [0, 0.05) is 0 Å². The molecule has 1 aliphatic rings. The number of nitrogens with zero attached hydrogens (tertiary/aromatic N) is 1. The van der Waals surface area contributed by atoms with E-state index in [0.717, 1.165) is 19.3 Å². The third-order valence-electron chi connectivity index (χ3n) is 2.77. The molecule has 4 nitrogen and oxygen atoms in total. The van der Waals surface area contributed by atoms with E-state index in [4.69, 9.17) is 18.0 Å². The molecule has 8 heteroatoms. The molecule has 1 atom stereocenters. The number of likely N-dealkylation sites (tertiary alicyclic amines) is 1. The predicted octanol–water partition coefficient (Wildman–Crippen LogP) is 0.805. The lowest BCUT2D eigenvalue weighted by Gasteiger charge is -2.34. The zero-order valence-electron chi connectivity index (χ0n) is 9.79. The second kappa shape index (κ2) is 6.33. The molecule has 0 radical (unpaired) electrons. The van der Waals surface area contributed by atoms with E-state index in [-0.39, 0.29) is 12.6 Å². The van der Waals surface area contributed by atoms with Crippen LogP contribution in [-0.4, -0.2) is 47.6 Å². The van der Waals surface area contributed by atoms with Crippen molar-refractivity contribution in [2.45, 2.75) is 31.5 Å². The van der Waals surface area contributed by atoms with Crippen molar-refractivity contribution in [1.29, 1.82) is 0 Å². The highest BCUT2D eigenvalue weighted by molar-refractivity contribution is 7.80. The molecule has 0 bridgehead atoms. The summed E-state index contributed by atoms with van der Waals surface area (Å²) in [6.45, 7) is -0.781. The number of amides is 1. The van der Waals surface area contributed by atoms with E-state index in [1.165, 1.54) is 0 Å². The van der Waals surface area contributed by atoms with E-state index < -0.39 is 18.6 Å². The van der Waals surface area contributed by atoms with Crippen LogP contribution in [0.2, 0.25) is 0 Å². The summed E-state index contributed by atoms with van der Waals surface area (Å²) >= 11 is 4.89. The zero-order valence-corrected chi connectivity index (χ0v) is 10.6. The lowest BCUT2D eigenvalue weighted by molar-refractivity contribution is -0.139. The lowest BCUT2D eigenvalue weighted by atomic mass is 10.0.